The van der Waals surface area contributed by atoms with Crippen molar-refractivity contribution in [3.05, 3.63) is 12.7 Å². The topological polar surface area (TPSA) is 66.3 Å². The molecule has 1 aliphatic heterocycles. The van der Waals surface area contributed by atoms with Crippen LogP contribution in [0.1, 0.15) is 13.8 Å². The normalized spacial score (nSPS) is 18.9. The average molecular weight is 280 g/mol. The third kappa shape index (κ3) is 4.57. The van der Waals surface area contributed by atoms with Gasteiger partial charge in [-0.25, -0.2) is 4.98 Å². The van der Waals surface area contributed by atoms with Crippen molar-refractivity contribution in [2.75, 3.05) is 39.3 Å². The number of carbonyl (C=O) groups excluding carboxylic acids is 1. The molecule has 2 heterocycles. The minimum absolute atomic E-state index is 0.0566. The van der Waals surface area contributed by atoms with Crippen LogP contribution in [0.3, 0.4) is 0 Å². The first-order valence-corrected chi connectivity index (χ1v) is 7.24. The van der Waals surface area contributed by atoms with Gasteiger partial charge >= 0.3 is 0 Å². The van der Waals surface area contributed by atoms with Gasteiger partial charge in [-0.2, -0.15) is 5.10 Å². The van der Waals surface area contributed by atoms with Gasteiger partial charge in [-0.15, -0.1) is 0 Å². The van der Waals surface area contributed by atoms with Crippen LogP contribution in [0.5, 0.6) is 0 Å². The zero-order chi connectivity index (χ0) is 14.4. The van der Waals surface area contributed by atoms with E-state index in [1.54, 1.807) is 11.0 Å². The summed E-state index contributed by atoms with van der Waals surface area (Å²) in [6.45, 7) is 10.4. The van der Waals surface area contributed by atoms with Gasteiger partial charge < -0.3 is 10.2 Å². The molecular weight excluding hydrogens is 256 g/mol. The summed E-state index contributed by atoms with van der Waals surface area (Å²) in [4.78, 5) is 20.5. The van der Waals surface area contributed by atoms with E-state index in [1.807, 2.05) is 6.92 Å². The highest BCUT2D eigenvalue weighted by atomic mass is 16.2. The van der Waals surface area contributed by atoms with Crippen LogP contribution in [0.2, 0.25) is 0 Å². The molecule has 0 radical (unpaired) electrons. The molecule has 7 heteroatoms. The number of nitrogens with zero attached hydrogens (tertiary/aromatic N) is 5. The zero-order valence-electron chi connectivity index (χ0n) is 12.3. The highest BCUT2D eigenvalue weighted by Crippen LogP contribution is 2.00. The Morgan fingerprint density at radius 1 is 1.30 bits per heavy atom. The molecule has 20 heavy (non-hydrogen) atoms. The molecule has 0 saturated carbocycles. The number of likely N-dealkylation sites (N-methyl/N-ethyl adjacent to an activating group) is 1. The number of hydrogen-bond donors (Lipinski definition) is 1. The number of carbonyl (C=O) groups is 1. The van der Waals surface area contributed by atoms with E-state index in [0.717, 1.165) is 32.7 Å². The number of hydrogen-bond acceptors (Lipinski definition) is 5. The molecule has 7 nitrogen and oxygen atoms in total. The van der Waals surface area contributed by atoms with E-state index in [1.165, 1.54) is 6.33 Å². The van der Waals surface area contributed by atoms with Crippen molar-refractivity contribution in [3.63, 3.8) is 0 Å². The fraction of sp³-hybridized carbons (Fsp3) is 0.769. The second-order valence-corrected chi connectivity index (χ2v) is 5.30. The molecule has 1 amide bonds. The SMILES string of the molecule is CCN1CCN(CC(=O)N[C@@H](C)Cn2cncn2)CC1. The molecule has 1 atom stereocenters. The number of piperazine rings is 1. The van der Waals surface area contributed by atoms with E-state index in [-0.39, 0.29) is 11.9 Å². The Morgan fingerprint density at radius 2 is 2.00 bits per heavy atom. The molecular formula is C13H24N6O. The molecule has 0 unspecified atom stereocenters. The molecule has 1 saturated heterocycles. The summed E-state index contributed by atoms with van der Waals surface area (Å²) < 4.78 is 1.73. The fourth-order valence-electron chi connectivity index (χ4n) is 2.44. The smallest absolute Gasteiger partial charge is 0.234 e. The minimum atomic E-state index is 0.0566. The number of amides is 1. The Morgan fingerprint density at radius 3 is 2.60 bits per heavy atom. The van der Waals surface area contributed by atoms with Crippen molar-refractivity contribution in [1.29, 1.82) is 0 Å². The molecule has 1 aliphatic rings. The van der Waals surface area contributed by atoms with E-state index in [9.17, 15) is 4.79 Å². The Bertz CT molecular complexity index is 399. The second-order valence-electron chi connectivity index (χ2n) is 5.30. The third-order valence-electron chi connectivity index (χ3n) is 3.61. The minimum Gasteiger partial charge on any atom is -0.351 e. The molecule has 112 valence electrons. The number of nitrogens with one attached hydrogen (secondary N) is 1. The first-order valence-electron chi connectivity index (χ1n) is 7.24. The average Bonchev–Trinajstić information content (AvgIpc) is 2.92. The molecule has 1 fully saturated rings. The largest absolute Gasteiger partial charge is 0.351 e. The van der Waals surface area contributed by atoms with E-state index in [2.05, 4.69) is 32.1 Å². The monoisotopic (exact) mass is 280 g/mol. The second kappa shape index (κ2) is 7.35. The van der Waals surface area contributed by atoms with Gasteiger partial charge in [-0.3, -0.25) is 14.4 Å². The predicted octanol–water partition coefficient (Wildman–Crippen LogP) is -0.580. The first kappa shape index (κ1) is 14.9. The van der Waals surface area contributed by atoms with Crippen molar-refractivity contribution < 1.29 is 4.79 Å². The summed E-state index contributed by atoms with van der Waals surface area (Å²) in [5.41, 5.74) is 0. The maximum Gasteiger partial charge on any atom is 0.234 e. The van der Waals surface area contributed by atoms with Crippen LogP contribution >= 0.6 is 0 Å². The van der Waals surface area contributed by atoms with Crippen molar-refractivity contribution >= 4 is 5.91 Å². The zero-order valence-corrected chi connectivity index (χ0v) is 12.3. The standard InChI is InChI=1S/C13H24N6O/c1-3-17-4-6-18(7-5-17)9-13(20)16-12(2)8-19-11-14-10-15-19/h10-12H,3-9H2,1-2H3,(H,16,20)/t12-/m0/s1. The Kier molecular flexibility index (Phi) is 5.49. The summed E-state index contributed by atoms with van der Waals surface area (Å²) in [6.07, 6.45) is 3.16. The van der Waals surface area contributed by atoms with Crippen LogP contribution in [0.25, 0.3) is 0 Å². The van der Waals surface area contributed by atoms with Crippen molar-refractivity contribution in [3.8, 4) is 0 Å². The van der Waals surface area contributed by atoms with E-state index >= 15 is 0 Å². The lowest BCUT2D eigenvalue weighted by Gasteiger charge is -2.33. The summed E-state index contributed by atoms with van der Waals surface area (Å²) >= 11 is 0. The van der Waals surface area contributed by atoms with Crippen LogP contribution in [0.4, 0.5) is 0 Å². The molecule has 1 aromatic heterocycles. The molecule has 1 aromatic rings. The first-order chi connectivity index (χ1) is 9.67. The molecule has 0 aromatic carbocycles. The Hall–Kier alpha value is -1.47. The van der Waals surface area contributed by atoms with Crippen LogP contribution < -0.4 is 5.32 Å². The van der Waals surface area contributed by atoms with Gasteiger partial charge in [0.05, 0.1) is 13.1 Å². The third-order valence-corrected chi connectivity index (χ3v) is 3.61. The lowest BCUT2D eigenvalue weighted by molar-refractivity contribution is -0.123. The lowest BCUT2D eigenvalue weighted by atomic mass is 10.3. The number of aromatic nitrogens is 3. The van der Waals surface area contributed by atoms with Crippen LogP contribution in [-0.4, -0.2) is 75.8 Å². The quantitative estimate of drug-likeness (QED) is 0.755. The highest BCUT2D eigenvalue weighted by Gasteiger charge is 2.18. The maximum absolute atomic E-state index is 12.0. The van der Waals surface area contributed by atoms with Gasteiger partial charge in [-0.1, -0.05) is 6.92 Å². The van der Waals surface area contributed by atoms with E-state index in [4.69, 9.17) is 0 Å². The van der Waals surface area contributed by atoms with Crippen LogP contribution in [0.15, 0.2) is 12.7 Å². The summed E-state index contributed by atoms with van der Waals surface area (Å²) in [6, 6.07) is 0.0566. The predicted molar refractivity (Wildman–Crippen MR) is 76.2 cm³/mol. The lowest BCUT2D eigenvalue weighted by Crippen LogP contribution is -2.50. The Labute approximate surface area is 119 Å². The molecule has 0 spiro atoms. The highest BCUT2D eigenvalue weighted by molar-refractivity contribution is 5.78. The van der Waals surface area contributed by atoms with E-state index in [0.29, 0.717) is 13.1 Å². The molecule has 0 aliphatic carbocycles. The van der Waals surface area contributed by atoms with Gasteiger partial charge in [0, 0.05) is 32.2 Å². The van der Waals surface area contributed by atoms with Crippen LogP contribution in [-0.2, 0) is 11.3 Å². The van der Waals surface area contributed by atoms with Gasteiger partial charge in [-0.05, 0) is 13.5 Å². The maximum atomic E-state index is 12.0. The summed E-state index contributed by atoms with van der Waals surface area (Å²) in [7, 11) is 0. The molecule has 0 bridgehead atoms. The van der Waals surface area contributed by atoms with E-state index < -0.39 is 0 Å². The van der Waals surface area contributed by atoms with Crippen molar-refractivity contribution in [2.45, 2.75) is 26.4 Å². The molecule has 1 N–H and O–H groups in total. The van der Waals surface area contributed by atoms with Gasteiger partial charge in [0.2, 0.25) is 5.91 Å². The summed E-state index contributed by atoms with van der Waals surface area (Å²) in [5.74, 6) is 0.0857. The Balaban J connectivity index is 1.67. The van der Waals surface area contributed by atoms with Gasteiger partial charge in [0.25, 0.3) is 0 Å². The van der Waals surface area contributed by atoms with Crippen molar-refractivity contribution in [2.24, 2.45) is 0 Å². The molecule has 2 rings (SSSR count). The van der Waals surface area contributed by atoms with Crippen LogP contribution in [0, 0.1) is 0 Å². The van der Waals surface area contributed by atoms with Crippen molar-refractivity contribution in [1.82, 2.24) is 29.9 Å². The summed E-state index contributed by atoms with van der Waals surface area (Å²) in [5, 5.41) is 7.04. The fourth-order valence-corrected chi connectivity index (χ4v) is 2.44. The van der Waals surface area contributed by atoms with Gasteiger partial charge in [0.1, 0.15) is 12.7 Å². The number of rotatable bonds is 6. The van der Waals surface area contributed by atoms with Gasteiger partial charge in [0.15, 0.2) is 0 Å².